The van der Waals surface area contributed by atoms with Crippen molar-refractivity contribution >= 4 is 38.6 Å². The summed E-state index contributed by atoms with van der Waals surface area (Å²) in [6, 6.07) is 3.13. The lowest BCUT2D eigenvalue weighted by Gasteiger charge is -2.14. The molecule has 0 saturated carbocycles. The van der Waals surface area contributed by atoms with Crippen molar-refractivity contribution in [2.24, 2.45) is 14.1 Å². The van der Waals surface area contributed by atoms with Crippen LogP contribution in [0.25, 0.3) is 11.0 Å². The fourth-order valence-electron chi connectivity index (χ4n) is 2.78. The highest BCUT2D eigenvalue weighted by Crippen LogP contribution is 2.25. The van der Waals surface area contributed by atoms with E-state index < -0.39 is 17.2 Å². The van der Waals surface area contributed by atoms with Crippen LogP contribution in [-0.4, -0.2) is 20.0 Å². The lowest BCUT2D eigenvalue weighted by atomic mass is 10.1. The first kappa shape index (κ1) is 18.1. The highest BCUT2D eigenvalue weighted by molar-refractivity contribution is 9.10. The molecule has 0 spiro atoms. The van der Waals surface area contributed by atoms with Gasteiger partial charge in [0.05, 0.1) is 5.69 Å². The number of hydrogen-bond acceptors (Lipinski definition) is 5. The summed E-state index contributed by atoms with van der Waals surface area (Å²) in [6.07, 6.45) is 3.00. The number of carbonyl (C=O) groups is 1. The molecule has 3 aromatic rings. The van der Waals surface area contributed by atoms with Crippen LogP contribution in [0.15, 0.2) is 37.0 Å². The zero-order valence-corrected chi connectivity index (χ0v) is 16.1. The highest BCUT2D eigenvalue weighted by Gasteiger charge is 2.20. The first-order valence-corrected chi connectivity index (χ1v) is 8.78. The lowest BCUT2D eigenvalue weighted by Crippen LogP contribution is -2.38. The Balaban J connectivity index is 2.27. The SMILES string of the molecule is CCCc1cnc2c(c1NC(=O)c1ccc(Br)o1)c(=O)n(C)c(=O)n2C. The van der Waals surface area contributed by atoms with E-state index in [1.807, 2.05) is 6.92 Å². The molecule has 1 N–H and O–H groups in total. The zero-order valence-electron chi connectivity index (χ0n) is 14.5. The third-order valence-electron chi connectivity index (χ3n) is 4.10. The van der Waals surface area contributed by atoms with Crippen molar-refractivity contribution in [1.29, 1.82) is 0 Å². The maximum Gasteiger partial charge on any atom is 0.332 e. The first-order chi connectivity index (χ1) is 12.3. The number of nitrogens with zero attached hydrogens (tertiary/aromatic N) is 3. The molecule has 0 aromatic carbocycles. The molecular weight excluding hydrogens is 404 g/mol. The number of hydrogen-bond donors (Lipinski definition) is 1. The van der Waals surface area contributed by atoms with E-state index in [2.05, 4.69) is 26.2 Å². The largest absolute Gasteiger partial charge is 0.444 e. The van der Waals surface area contributed by atoms with Crippen LogP contribution in [0, 0.1) is 0 Å². The van der Waals surface area contributed by atoms with Crippen LogP contribution in [-0.2, 0) is 20.5 Å². The van der Waals surface area contributed by atoms with Crippen molar-refractivity contribution in [2.45, 2.75) is 19.8 Å². The van der Waals surface area contributed by atoms with Crippen molar-refractivity contribution in [3.63, 3.8) is 0 Å². The monoisotopic (exact) mass is 420 g/mol. The number of furan rings is 1. The van der Waals surface area contributed by atoms with Crippen molar-refractivity contribution in [3.8, 4) is 0 Å². The average molecular weight is 421 g/mol. The first-order valence-electron chi connectivity index (χ1n) is 7.99. The van der Waals surface area contributed by atoms with E-state index in [4.69, 9.17) is 4.42 Å². The quantitative estimate of drug-likeness (QED) is 0.697. The molecular formula is C17H17BrN4O4. The predicted molar refractivity (Wildman–Crippen MR) is 101 cm³/mol. The third kappa shape index (κ3) is 2.98. The molecule has 0 bridgehead atoms. The minimum Gasteiger partial charge on any atom is -0.444 e. The topological polar surface area (TPSA) is 99.1 Å². The molecule has 0 aliphatic heterocycles. The van der Waals surface area contributed by atoms with Gasteiger partial charge in [0, 0.05) is 20.3 Å². The van der Waals surface area contributed by atoms with Crippen molar-refractivity contribution in [2.75, 3.05) is 5.32 Å². The van der Waals surface area contributed by atoms with Gasteiger partial charge in [-0.2, -0.15) is 0 Å². The fourth-order valence-corrected chi connectivity index (χ4v) is 3.09. The van der Waals surface area contributed by atoms with Crippen LogP contribution in [0.4, 0.5) is 5.69 Å². The minimum atomic E-state index is -0.510. The summed E-state index contributed by atoms with van der Waals surface area (Å²) < 4.78 is 7.98. The Hall–Kier alpha value is -2.68. The van der Waals surface area contributed by atoms with E-state index in [1.54, 1.807) is 12.3 Å². The Morgan fingerprint density at radius 3 is 2.62 bits per heavy atom. The number of pyridine rings is 1. The van der Waals surface area contributed by atoms with Crippen molar-refractivity contribution in [3.05, 3.63) is 55.2 Å². The molecule has 3 heterocycles. The molecule has 8 nitrogen and oxygen atoms in total. The molecule has 0 aliphatic carbocycles. The second kappa shape index (κ2) is 6.91. The Morgan fingerprint density at radius 1 is 1.27 bits per heavy atom. The lowest BCUT2D eigenvalue weighted by molar-refractivity contribution is 0.0995. The number of aromatic nitrogens is 3. The number of rotatable bonds is 4. The maximum atomic E-state index is 12.7. The third-order valence-corrected chi connectivity index (χ3v) is 4.53. The van der Waals surface area contributed by atoms with E-state index in [0.29, 0.717) is 16.8 Å². The summed E-state index contributed by atoms with van der Waals surface area (Å²) in [5.74, 6) is -0.387. The fraction of sp³-hybridized carbons (Fsp3) is 0.294. The molecule has 0 radical (unpaired) electrons. The summed E-state index contributed by atoms with van der Waals surface area (Å²) in [5, 5.41) is 2.95. The standard InChI is InChI=1S/C17H17BrN4O4/c1-4-5-9-8-19-14-12(16(24)22(3)17(25)21(14)2)13(9)20-15(23)10-6-7-11(18)26-10/h6-8H,4-5H2,1-3H3,(H,19,20,23). The number of carbonyl (C=O) groups excluding carboxylic acids is 1. The number of aryl methyl sites for hydroxylation is 2. The van der Waals surface area contributed by atoms with Crippen LogP contribution < -0.4 is 16.6 Å². The molecule has 0 saturated heterocycles. The Kier molecular flexibility index (Phi) is 4.82. The van der Waals surface area contributed by atoms with E-state index in [0.717, 1.165) is 16.6 Å². The van der Waals surface area contributed by atoms with Gasteiger partial charge in [0.25, 0.3) is 11.5 Å². The maximum absolute atomic E-state index is 12.7. The molecule has 0 fully saturated rings. The summed E-state index contributed by atoms with van der Waals surface area (Å²) in [7, 11) is 2.93. The molecule has 9 heteroatoms. The highest BCUT2D eigenvalue weighted by atomic mass is 79.9. The van der Waals surface area contributed by atoms with Crippen LogP contribution in [0.1, 0.15) is 29.5 Å². The van der Waals surface area contributed by atoms with Gasteiger partial charge in [0.1, 0.15) is 5.39 Å². The predicted octanol–water partition coefficient (Wildman–Crippen LogP) is 2.19. The average Bonchev–Trinajstić information content (AvgIpc) is 3.06. The van der Waals surface area contributed by atoms with E-state index in [9.17, 15) is 14.4 Å². The Morgan fingerprint density at radius 2 is 2.00 bits per heavy atom. The van der Waals surface area contributed by atoms with Gasteiger partial charge in [0.15, 0.2) is 16.1 Å². The van der Waals surface area contributed by atoms with Crippen LogP contribution in [0.3, 0.4) is 0 Å². The zero-order chi connectivity index (χ0) is 19.0. The molecule has 0 atom stereocenters. The van der Waals surface area contributed by atoms with Crippen LogP contribution in [0.5, 0.6) is 0 Å². The van der Waals surface area contributed by atoms with Gasteiger partial charge in [-0.3, -0.25) is 18.7 Å². The number of amides is 1. The molecule has 1 amide bonds. The van der Waals surface area contributed by atoms with Gasteiger partial charge in [-0.15, -0.1) is 0 Å². The molecule has 3 rings (SSSR count). The summed E-state index contributed by atoms with van der Waals surface area (Å²) in [4.78, 5) is 41.7. The van der Waals surface area contributed by atoms with Crippen molar-refractivity contribution in [1.82, 2.24) is 14.1 Å². The van der Waals surface area contributed by atoms with Crippen LogP contribution >= 0.6 is 15.9 Å². The minimum absolute atomic E-state index is 0.103. The summed E-state index contributed by atoms with van der Waals surface area (Å²) >= 11 is 3.16. The molecule has 0 unspecified atom stereocenters. The molecule has 0 aliphatic rings. The van der Waals surface area contributed by atoms with Gasteiger partial charge < -0.3 is 9.73 Å². The van der Waals surface area contributed by atoms with Gasteiger partial charge >= 0.3 is 5.69 Å². The Labute approximate surface area is 156 Å². The van der Waals surface area contributed by atoms with Gasteiger partial charge in [-0.25, -0.2) is 9.78 Å². The van der Waals surface area contributed by atoms with Crippen LogP contribution in [0.2, 0.25) is 0 Å². The smallest absolute Gasteiger partial charge is 0.332 e. The van der Waals surface area contributed by atoms with Gasteiger partial charge in [-0.05, 0) is 40.0 Å². The number of halogens is 1. The summed E-state index contributed by atoms with van der Waals surface area (Å²) in [6.45, 7) is 1.98. The second-order valence-electron chi connectivity index (χ2n) is 5.87. The number of fused-ring (bicyclic) bond motifs is 1. The summed E-state index contributed by atoms with van der Waals surface area (Å²) in [5.41, 5.74) is 0.295. The number of anilines is 1. The molecule has 136 valence electrons. The van der Waals surface area contributed by atoms with Gasteiger partial charge in [-0.1, -0.05) is 13.3 Å². The normalized spacial score (nSPS) is 11.1. The van der Waals surface area contributed by atoms with Crippen molar-refractivity contribution < 1.29 is 9.21 Å². The number of nitrogens with one attached hydrogen (secondary N) is 1. The molecule has 26 heavy (non-hydrogen) atoms. The second-order valence-corrected chi connectivity index (χ2v) is 6.65. The Bertz CT molecular complexity index is 1130. The van der Waals surface area contributed by atoms with E-state index >= 15 is 0 Å². The molecule has 3 aromatic heterocycles. The van der Waals surface area contributed by atoms with E-state index in [1.165, 1.54) is 24.7 Å². The van der Waals surface area contributed by atoms with E-state index in [-0.39, 0.29) is 16.8 Å². The van der Waals surface area contributed by atoms with Gasteiger partial charge in [0.2, 0.25) is 0 Å².